The molecule has 0 saturated carbocycles. The number of carbonyl (C=O) groups is 1. The van der Waals surface area contributed by atoms with Gasteiger partial charge in [0.2, 0.25) is 0 Å². The van der Waals surface area contributed by atoms with Crippen molar-refractivity contribution in [3.63, 3.8) is 0 Å². The van der Waals surface area contributed by atoms with Crippen molar-refractivity contribution in [3.8, 4) is 0 Å². The molecule has 1 aliphatic rings. The molecule has 0 spiro atoms. The fraction of sp³-hybridized carbons (Fsp3) is 0.500. The lowest BCUT2D eigenvalue weighted by atomic mass is 10.0. The number of amides is 1. The highest BCUT2D eigenvalue weighted by Crippen LogP contribution is 2.24. The Morgan fingerprint density at radius 1 is 1.55 bits per heavy atom. The first-order valence-corrected chi connectivity index (χ1v) is 6.62. The molecule has 20 heavy (non-hydrogen) atoms. The zero-order valence-electron chi connectivity index (χ0n) is 11.6. The third kappa shape index (κ3) is 2.80. The third-order valence-corrected chi connectivity index (χ3v) is 3.85. The summed E-state index contributed by atoms with van der Waals surface area (Å²) in [5.41, 5.74) is 0.825. The van der Waals surface area contributed by atoms with E-state index in [-0.39, 0.29) is 17.5 Å². The van der Waals surface area contributed by atoms with Gasteiger partial charge in [0.15, 0.2) is 0 Å². The molecule has 0 bridgehead atoms. The Bertz CT molecular complexity index is 542. The summed E-state index contributed by atoms with van der Waals surface area (Å²) in [6.07, 6.45) is 0.317. The van der Waals surface area contributed by atoms with E-state index < -0.39 is 11.0 Å². The maximum atomic E-state index is 12.3. The normalized spacial score (nSPS) is 19.9. The van der Waals surface area contributed by atoms with E-state index in [4.69, 9.17) is 0 Å². The molecule has 1 heterocycles. The summed E-state index contributed by atoms with van der Waals surface area (Å²) in [4.78, 5) is 24.4. The van der Waals surface area contributed by atoms with Gasteiger partial charge in [0.1, 0.15) is 0 Å². The highest BCUT2D eigenvalue weighted by atomic mass is 16.6. The van der Waals surface area contributed by atoms with Crippen molar-refractivity contribution < 1.29 is 14.8 Å². The van der Waals surface area contributed by atoms with E-state index in [1.165, 1.54) is 6.07 Å². The zero-order valence-corrected chi connectivity index (χ0v) is 11.6. The molecule has 6 heteroatoms. The predicted molar refractivity (Wildman–Crippen MR) is 73.5 cm³/mol. The van der Waals surface area contributed by atoms with E-state index in [1.54, 1.807) is 30.9 Å². The summed E-state index contributed by atoms with van der Waals surface area (Å²) < 4.78 is 0. The summed E-state index contributed by atoms with van der Waals surface area (Å²) in [7, 11) is 0. The Balaban J connectivity index is 2.18. The van der Waals surface area contributed by atoms with Gasteiger partial charge in [-0.25, -0.2) is 0 Å². The van der Waals surface area contributed by atoms with Crippen LogP contribution in [0.2, 0.25) is 0 Å². The smallest absolute Gasteiger partial charge is 0.273 e. The standard InChI is InChI=1S/C14H18N2O4/c1-9-3-4-11(7-13(9)16(19)20)14(18)15-6-5-12(8-15)10(2)17/h3-4,7,10,12,17H,5-6,8H2,1-2H3. The van der Waals surface area contributed by atoms with Crippen molar-refractivity contribution >= 4 is 11.6 Å². The molecule has 1 aromatic rings. The fourth-order valence-electron chi connectivity index (χ4n) is 2.49. The highest BCUT2D eigenvalue weighted by molar-refractivity contribution is 5.95. The number of hydrogen-bond acceptors (Lipinski definition) is 4. The third-order valence-electron chi connectivity index (χ3n) is 3.85. The van der Waals surface area contributed by atoms with Crippen LogP contribution < -0.4 is 0 Å². The number of carbonyl (C=O) groups excluding carboxylic acids is 1. The number of aliphatic hydroxyl groups is 1. The Labute approximate surface area is 117 Å². The molecule has 6 nitrogen and oxygen atoms in total. The first kappa shape index (κ1) is 14.5. The van der Waals surface area contributed by atoms with Crippen LogP contribution in [-0.4, -0.2) is 40.0 Å². The number of benzene rings is 1. The minimum atomic E-state index is -0.477. The van der Waals surface area contributed by atoms with Gasteiger partial charge in [-0.15, -0.1) is 0 Å². The lowest BCUT2D eigenvalue weighted by molar-refractivity contribution is -0.385. The van der Waals surface area contributed by atoms with E-state index in [0.29, 0.717) is 24.2 Å². The lowest BCUT2D eigenvalue weighted by Gasteiger charge is -2.17. The van der Waals surface area contributed by atoms with Crippen LogP contribution in [0.1, 0.15) is 29.3 Å². The fourth-order valence-corrected chi connectivity index (χ4v) is 2.49. The van der Waals surface area contributed by atoms with E-state index >= 15 is 0 Å². The van der Waals surface area contributed by atoms with Crippen LogP contribution in [0.3, 0.4) is 0 Å². The molecule has 108 valence electrons. The second-order valence-electron chi connectivity index (χ2n) is 5.30. The molecule has 0 aromatic heterocycles. The number of nitrogens with zero attached hydrogens (tertiary/aromatic N) is 2. The van der Waals surface area contributed by atoms with Crippen molar-refractivity contribution in [2.75, 3.05) is 13.1 Å². The van der Waals surface area contributed by atoms with E-state index in [1.807, 2.05) is 0 Å². The maximum absolute atomic E-state index is 12.3. The lowest BCUT2D eigenvalue weighted by Crippen LogP contribution is -2.30. The van der Waals surface area contributed by atoms with Gasteiger partial charge in [-0.2, -0.15) is 0 Å². The summed E-state index contributed by atoms with van der Waals surface area (Å²) >= 11 is 0. The molecule has 1 N–H and O–H groups in total. The van der Waals surface area contributed by atoms with E-state index in [9.17, 15) is 20.0 Å². The number of likely N-dealkylation sites (tertiary alicyclic amines) is 1. The van der Waals surface area contributed by atoms with Crippen molar-refractivity contribution in [2.24, 2.45) is 5.92 Å². The molecule has 2 atom stereocenters. The molecular formula is C14H18N2O4. The Kier molecular flexibility index (Phi) is 4.04. The average Bonchev–Trinajstić information content (AvgIpc) is 2.87. The summed E-state index contributed by atoms with van der Waals surface area (Å²) in [6, 6.07) is 4.53. The van der Waals surface area contributed by atoms with Gasteiger partial charge < -0.3 is 10.0 Å². The minimum Gasteiger partial charge on any atom is -0.393 e. The molecule has 1 amide bonds. The molecule has 1 aliphatic heterocycles. The summed E-state index contributed by atoms with van der Waals surface area (Å²) in [5, 5.41) is 20.5. The number of rotatable bonds is 3. The van der Waals surface area contributed by atoms with Gasteiger partial charge in [0, 0.05) is 36.2 Å². The molecule has 0 radical (unpaired) electrons. The van der Waals surface area contributed by atoms with Crippen LogP contribution in [0.4, 0.5) is 5.69 Å². The summed E-state index contributed by atoms with van der Waals surface area (Å²) in [5.74, 6) is -0.129. The number of hydrogen-bond donors (Lipinski definition) is 1. The molecule has 1 fully saturated rings. The van der Waals surface area contributed by atoms with Crippen LogP contribution in [0.15, 0.2) is 18.2 Å². The SMILES string of the molecule is Cc1ccc(C(=O)N2CCC(C(C)O)C2)cc1[N+](=O)[O-]. The van der Waals surface area contributed by atoms with Crippen LogP contribution in [0.5, 0.6) is 0 Å². The van der Waals surface area contributed by atoms with Gasteiger partial charge in [0.05, 0.1) is 11.0 Å². The van der Waals surface area contributed by atoms with Crippen molar-refractivity contribution in [1.29, 1.82) is 0 Å². The maximum Gasteiger partial charge on any atom is 0.273 e. The Morgan fingerprint density at radius 2 is 2.25 bits per heavy atom. The number of aryl methyl sites for hydroxylation is 1. The molecule has 1 saturated heterocycles. The number of nitro benzene ring substituents is 1. The van der Waals surface area contributed by atoms with Gasteiger partial charge in [-0.1, -0.05) is 6.07 Å². The molecule has 2 unspecified atom stereocenters. The molecule has 1 aromatic carbocycles. The second kappa shape index (κ2) is 5.58. The first-order chi connectivity index (χ1) is 9.40. The van der Waals surface area contributed by atoms with Gasteiger partial charge in [0.25, 0.3) is 11.6 Å². The second-order valence-corrected chi connectivity index (χ2v) is 5.30. The quantitative estimate of drug-likeness (QED) is 0.674. The largest absolute Gasteiger partial charge is 0.393 e. The Morgan fingerprint density at radius 3 is 2.80 bits per heavy atom. The molecule has 2 rings (SSSR count). The van der Waals surface area contributed by atoms with Gasteiger partial charge >= 0.3 is 0 Å². The monoisotopic (exact) mass is 278 g/mol. The van der Waals surface area contributed by atoms with Crippen LogP contribution >= 0.6 is 0 Å². The predicted octanol–water partition coefficient (Wildman–Crippen LogP) is 1.75. The zero-order chi connectivity index (χ0) is 14.9. The van der Waals surface area contributed by atoms with Gasteiger partial charge in [-0.05, 0) is 26.3 Å². The first-order valence-electron chi connectivity index (χ1n) is 6.62. The van der Waals surface area contributed by atoms with Crippen molar-refractivity contribution in [1.82, 2.24) is 4.90 Å². The van der Waals surface area contributed by atoms with Crippen LogP contribution in [0, 0.1) is 23.0 Å². The molecule has 0 aliphatic carbocycles. The van der Waals surface area contributed by atoms with Crippen LogP contribution in [-0.2, 0) is 0 Å². The highest BCUT2D eigenvalue weighted by Gasteiger charge is 2.30. The summed E-state index contributed by atoms with van der Waals surface area (Å²) in [6.45, 7) is 4.44. The Hall–Kier alpha value is -1.95. The topological polar surface area (TPSA) is 83.7 Å². The van der Waals surface area contributed by atoms with Gasteiger partial charge in [-0.3, -0.25) is 14.9 Å². The number of aliphatic hydroxyl groups excluding tert-OH is 1. The average molecular weight is 278 g/mol. The van der Waals surface area contributed by atoms with Crippen LogP contribution in [0.25, 0.3) is 0 Å². The van der Waals surface area contributed by atoms with Crippen molar-refractivity contribution in [2.45, 2.75) is 26.4 Å². The van der Waals surface area contributed by atoms with E-state index in [2.05, 4.69) is 0 Å². The number of nitro groups is 1. The van der Waals surface area contributed by atoms with E-state index in [0.717, 1.165) is 6.42 Å². The minimum absolute atomic E-state index is 0.0397. The van der Waals surface area contributed by atoms with Crippen molar-refractivity contribution in [3.05, 3.63) is 39.4 Å². The molecular weight excluding hydrogens is 260 g/mol.